The van der Waals surface area contributed by atoms with Gasteiger partial charge in [0.2, 0.25) is 0 Å². The lowest BCUT2D eigenvalue weighted by molar-refractivity contribution is 0.0352. The fourth-order valence-electron chi connectivity index (χ4n) is 2.87. The lowest BCUT2D eigenvalue weighted by Gasteiger charge is -2.34. The average Bonchev–Trinajstić information content (AvgIpc) is 2.83. The lowest BCUT2D eigenvalue weighted by Crippen LogP contribution is -2.41. The van der Waals surface area contributed by atoms with Crippen molar-refractivity contribution in [1.29, 1.82) is 0 Å². The van der Waals surface area contributed by atoms with Crippen molar-refractivity contribution in [2.45, 2.75) is 38.8 Å². The third-order valence-electron chi connectivity index (χ3n) is 3.71. The van der Waals surface area contributed by atoms with Crippen molar-refractivity contribution >= 4 is 0 Å². The van der Waals surface area contributed by atoms with E-state index in [0.29, 0.717) is 5.92 Å². The Balaban J connectivity index is 2.15. The maximum absolute atomic E-state index is 10.6. The van der Waals surface area contributed by atoms with Gasteiger partial charge in [0.25, 0.3) is 0 Å². The molecule has 0 aromatic heterocycles. The van der Waals surface area contributed by atoms with Gasteiger partial charge in [-0.2, -0.15) is 0 Å². The first-order chi connectivity index (χ1) is 8.20. The van der Waals surface area contributed by atoms with Crippen LogP contribution in [-0.4, -0.2) is 29.1 Å². The second kappa shape index (κ2) is 5.65. The summed E-state index contributed by atoms with van der Waals surface area (Å²) < 4.78 is 0. The van der Waals surface area contributed by atoms with Crippen molar-refractivity contribution < 1.29 is 5.11 Å². The Bertz CT molecular complexity index is 330. The molecule has 0 bridgehead atoms. The molecule has 94 valence electrons. The molecule has 0 spiro atoms. The third kappa shape index (κ3) is 2.88. The highest BCUT2D eigenvalue weighted by Gasteiger charge is 2.31. The van der Waals surface area contributed by atoms with Crippen molar-refractivity contribution in [3.05, 3.63) is 35.9 Å². The van der Waals surface area contributed by atoms with Crippen LogP contribution in [-0.2, 0) is 0 Å². The van der Waals surface area contributed by atoms with Gasteiger partial charge in [-0.1, -0.05) is 44.2 Å². The van der Waals surface area contributed by atoms with E-state index in [1.165, 1.54) is 12.8 Å². The summed E-state index contributed by atoms with van der Waals surface area (Å²) in [4.78, 5) is 2.45. The van der Waals surface area contributed by atoms with Crippen molar-refractivity contribution in [2.75, 3.05) is 13.1 Å². The molecule has 1 aromatic carbocycles. The number of aliphatic hydroxyl groups is 1. The van der Waals surface area contributed by atoms with E-state index in [9.17, 15) is 5.11 Å². The Morgan fingerprint density at radius 2 is 1.65 bits per heavy atom. The van der Waals surface area contributed by atoms with Crippen LogP contribution in [0.4, 0.5) is 0 Å². The van der Waals surface area contributed by atoms with E-state index in [1.807, 2.05) is 30.3 Å². The Morgan fingerprint density at radius 3 is 2.18 bits per heavy atom. The molecule has 1 fully saturated rings. The zero-order chi connectivity index (χ0) is 12.3. The van der Waals surface area contributed by atoms with E-state index >= 15 is 0 Å². The minimum atomic E-state index is -0.366. The van der Waals surface area contributed by atoms with Crippen LogP contribution in [0.25, 0.3) is 0 Å². The zero-order valence-corrected chi connectivity index (χ0v) is 10.8. The van der Waals surface area contributed by atoms with Gasteiger partial charge in [-0.05, 0) is 37.4 Å². The number of rotatable bonds is 4. The number of hydrogen-bond acceptors (Lipinski definition) is 2. The molecule has 0 amide bonds. The monoisotopic (exact) mass is 233 g/mol. The normalized spacial score (nSPS) is 20.7. The third-order valence-corrected chi connectivity index (χ3v) is 3.71. The van der Waals surface area contributed by atoms with E-state index in [0.717, 1.165) is 18.7 Å². The highest BCUT2D eigenvalue weighted by molar-refractivity contribution is 5.19. The number of likely N-dealkylation sites (tertiary alicyclic amines) is 1. The van der Waals surface area contributed by atoms with Crippen molar-refractivity contribution in [3.8, 4) is 0 Å². The van der Waals surface area contributed by atoms with E-state index < -0.39 is 0 Å². The van der Waals surface area contributed by atoms with Crippen molar-refractivity contribution in [1.82, 2.24) is 4.90 Å². The molecule has 17 heavy (non-hydrogen) atoms. The predicted octanol–water partition coefficient (Wildman–Crippen LogP) is 2.84. The van der Waals surface area contributed by atoms with Crippen LogP contribution >= 0.6 is 0 Å². The smallest absolute Gasteiger partial charge is 0.0947 e. The molecular formula is C15H23NO. The summed E-state index contributed by atoms with van der Waals surface area (Å²) in [7, 11) is 0. The van der Waals surface area contributed by atoms with E-state index in [-0.39, 0.29) is 12.1 Å². The van der Waals surface area contributed by atoms with Gasteiger partial charge in [-0.15, -0.1) is 0 Å². The summed E-state index contributed by atoms with van der Waals surface area (Å²) in [5.41, 5.74) is 1.04. The van der Waals surface area contributed by atoms with Gasteiger partial charge in [0, 0.05) is 6.04 Å². The van der Waals surface area contributed by atoms with Gasteiger partial charge in [-0.3, -0.25) is 4.90 Å². The lowest BCUT2D eigenvalue weighted by atomic mass is 9.92. The predicted molar refractivity (Wildman–Crippen MR) is 70.8 cm³/mol. The maximum atomic E-state index is 10.6. The van der Waals surface area contributed by atoms with Crippen LogP contribution in [0.5, 0.6) is 0 Å². The summed E-state index contributed by atoms with van der Waals surface area (Å²) in [6, 6.07) is 10.3. The quantitative estimate of drug-likeness (QED) is 0.864. The van der Waals surface area contributed by atoms with Gasteiger partial charge in [0.05, 0.1) is 6.10 Å². The number of hydrogen-bond donors (Lipinski definition) is 1. The van der Waals surface area contributed by atoms with Crippen LogP contribution < -0.4 is 0 Å². The number of benzene rings is 1. The molecule has 2 nitrogen and oxygen atoms in total. The summed E-state index contributed by atoms with van der Waals surface area (Å²) in [6.07, 6.45) is 2.17. The molecule has 1 aromatic rings. The van der Waals surface area contributed by atoms with Gasteiger partial charge >= 0.3 is 0 Å². The van der Waals surface area contributed by atoms with Gasteiger partial charge in [0.15, 0.2) is 0 Å². The largest absolute Gasteiger partial charge is 0.387 e. The molecule has 2 atom stereocenters. The molecule has 0 unspecified atom stereocenters. The molecule has 1 aliphatic rings. The second-order valence-electron chi connectivity index (χ2n) is 5.33. The van der Waals surface area contributed by atoms with Crippen LogP contribution in [0.2, 0.25) is 0 Å². The van der Waals surface area contributed by atoms with Gasteiger partial charge in [-0.25, -0.2) is 0 Å². The van der Waals surface area contributed by atoms with E-state index in [4.69, 9.17) is 0 Å². The molecule has 1 N–H and O–H groups in total. The standard InChI is InChI=1S/C15H23NO/c1-12(2)14(16-10-6-7-11-16)15(17)13-8-4-3-5-9-13/h3-5,8-9,12,14-15,17H,6-7,10-11H2,1-2H3/t14-,15+/m0/s1. The second-order valence-corrected chi connectivity index (χ2v) is 5.33. The van der Waals surface area contributed by atoms with E-state index in [2.05, 4.69) is 18.7 Å². The minimum absolute atomic E-state index is 0.250. The first-order valence-corrected chi connectivity index (χ1v) is 6.67. The fourth-order valence-corrected chi connectivity index (χ4v) is 2.87. The molecule has 2 heteroatoms. The summed E-state index contributed by atoms with van der Waals surface area (Å²) >= 11 is 0. The Kier molecular flexibility index (Phi) is 4.19. The topological polar surface area (TPSA) is 23.5 Å². The maximum Gasteiger partial charge on any atom is 0.0947 e. The van der Waals surface area contributed by atoms with Crippen molar-refractivity contribution in [2.24, 2.45) is 5.92 Å². The molecule has 0 aliphatic carbocycles. The Labute approximate surface area is 104 Å². The van der Waals surface area contributed by atoms with Crippen molar-refractivity contribution in [3.63, 3.8) is 0 Å². The zero-order valence-electron chi connectivity index (χ0n) is 10.8. The average molecular weight is 233 g/mol. The molecule has 1 saturated heterocycles. The molecule has 0 radical (unpaired) electrons. The SMILES string of the molecule is CC(C)[C@@H]([C@H](O)c1ccccc1)N1CCCC1. The molecule has 2 rings (SSSR count). The molecule has 0 saturated carbocycles. The highest BCUT2D eigenvalue weighted by atomic mass is 16.3. The van der Waals surface area contributed by atoms with E-state index in [1.54, 1.807) is 0 Å². The summed E-state index contributed by atoms with van der Waals surface area (Å²) in [6.45, 7) is 6.67. The molecule has 1 heterocycles. The fraction of sp³-hybridized carbons (Fsp3) is 0.600. The van der Waals surface area contributed by atoms with Gasteiger partial charge < -0.3 is 5.11 Å². The van der Waals surface area contributed by atoms with Crippen LogP contribution in [0.1, 0.15) is 38.4 Å². The first-order valence-electron chi connectivity index (χ1n) is 6.67. The Hall–Kier alpha value is -0.860. The highest BCUT2D eigenvalue weighted by Crippen LogP contribution is 2.28. The summed E-state index contributed by atoms with van der Waals surface area (Å²) in [5, 5.41) is 10.6. The van der Waals surface area contributed by atoms with Gasteiger partial charge in [0.1, 0.15) is 0 Å². The van der Waals surface area contributed by atoms with Crippen LogP contribution in [0, 0.1) is 5.92 Å². The number of nitrogens with zero attached hydrogens (tertiary/aromatic N) is 1. The molecular weight excluding hydrogens is 210 g/mol. The van der Waals surface area contributed by atoms with Crippen LogP contribution in [0.3, 0.4) is 0 Å². The minimum Gasteiger partial charge on any atom is -0.387 e. The first kappa shape index (κ1) is 12.6. The summed E-state index contributed by atoms with van der Waals surface area (Å²) in [5.74, 6) is 0.475. The Morgan fingerprint density at radius 1 is 1.06 bits per heavy atom. The molecule has 1 aliphatic heterocycles. The number of aliphatic hydroxyl groups excluding tert-OH is 1. The van der Waals surface area contributed by atoms with Crippen LogP contribution in [0.15, 0.2) is 30.3 Å².